The van der Waals surface area contributed by atoms with Gasteiger partial charge in [0, 0.05) is 30.5 Å². The Morgan fingerprint density at radius 1 is 1.29 bits per heavy atom. The molecule has 0 saturated heterocycles. The molecule has 5 heteroatoms. The fourth-order valence-electron chi connectivity index (χ4n) is 2.53. The van der Waals surface area contributed by atoms with Gasteiger partial charge in [0.1, 0.15) is 0 Å². The lowest BCUT2D eigenvalue weighted by molar-refractivity contribution is 0.387. The van der Waals surface area contributed by atoms with Gasteiger partial charge in [-0.2, -0.15) is 0 Å². The smallest absolute Gasteiger partial charge is 0.165 e. The van der Waals surface area contributed by atoms with Crippen molar-refractivity contribution < 1.29 is 9.13 Å². The van der Waals surface area contributed by atoms with Crippen LogP contribution in [-0.2, 0) is 13.0 Å². The molecule has 3 rings (SSSR count). The van der Waals surface area contributed by atoms with E-state index in [0.29, 0.717) is 6.54 Å². The van der Waals surface area contributed by atoms with E-state index in [9.17, 15) is 4.39 Å². The molecule has 0 amide bonds. The minimum Gasteiger partial charge on any atom is -0.494 e. The molecule has 0 atom stereocenters. The van der Waals surface area contributed by atoms with Crippen LogP contribution in [0.2, 0.25) is 0 Å². The van der Waals surface area contributed by atoms with Gasteiger partial charge in [0.25, 0.3) is 0 Å². The summed E-state index contributed by atoms with van der Waals surface area (Å²) >= 11 is 0. The van der Waals surface area contributed by atoms with Gasteiger partial charge in [-0.1, -0.05) is 18.2 Å². The first-order valence-corrected chi connectivity index (χ1v) is 6.70. The molecule has 2 aromatic rings. The maximum Gasteiger partial charge on any atom is 0.165 e. The van der Waals surface area contributed by atoms with Crippen LogP contribution >= 0.6 is 12.4 Å². The number of methoxy groups -OCH3 is 1. The van der Waals surface area contributed by atoms with Gasteiger partial charge in [-0.15, -0.1) is 12.4 Å². The van der Waals surface area contributed by atoms with E-state index >= 15 is 0 Å². The van der Waals surface area contributed by atoms with Crippen molar-refractivity contribution in [2.45, 2.75) is 13.0 Å². The van der Waals surface area contributed by atoms with Crippen LogP contribution < -0.4 is 15.4 Å². The summed E-state index contributed by atoms with van der Waals surface area (Å²) < 4.78 is 18.3. The van der Waals surface area contributed by atoms with Gasteiger partial charge < -0.3 is 15.4 Å². The van der Waals surface area contributed by atoms with E-state index in [1.54, 1.807) is 12.1 Å². The number of hydrogen-bond acceptors (Lipinski definition) is 3. The third kappa shape index (κ3) is 3.22. The SMILES string of the molecule is COc1cc(NCc2cccc3c2NCC3)ccc1F.Cl. The molecule has 112 valence electrons. The van der Waals surface area contributed by atoms with Gasteiger partial charge in [-0.05, 0) is 29.7 Å². The van der Waals surface area contributed by atoms with E-state index in [2.05, 4.69) is 28.8 Å². The van der Waals surface area contributed by atoms with E-state index in [1.807, 2.05) is 0 Å². The van der Waals surface area contributed by atoms with Crippen LogP contribution in [0.3, 0.4) is 0 Å². The quantitative estimate of drug-likeness (QED) is 0.900. The third-order valence-corrected chi connectivity index (χ3v) is 3.57. The Kier molecular flexibility index (Phi) is 4.91. The highest BCUT2D eigenvalue weighted by Gasteiger charge is 2.13. The minimum atomic E-state index is -0.347. The van der Waals surface area contributed by atoms with Crippen LogP contribution in [0, 0.1) is 5.82 Å². The van der Waals surface area contributed by atoms with Crippen molar-refractivity contribution in [3.63, 3.8) is 0 Å². The molecule has 2 N–H and O–H groups in total. The van der Waals surface area contributed by atoms with Crippen LogP contribution in [-0.4, -0.2) is 13.7 Å². The molecule has 0 aliphatic carbocycles. The zero-order chi connectivity index (χ0) is 13.9. The highest BCUT2D eigenvalue weighted by molar-refractivity contribution is 5.85. The lowest BCUT2D eigenvalue weighted by Crippen LogP contribution is -2.03. The standard InChI is InChI=1S/C16H17FN2O.ClH/c1-20-15-9-13(5-6-14(15)17)19-10-12-4-2-3-11-7-8-18-16(11)12;/h2-6,9,18-19H,7-8,10H2,1H3;1H. The summed E-state index contributed by atoms with van der Waals surface area (Å²) in [5.41, 5.74) is 4.66. The first kappa shape index (κ1) is 15.4. The number of halogens is 2. The van der Waals surface area contributed by atoms with E-state index < -0.39 is 0 Å². The fourth-order valence-corrected chi connectivity index (χ4v) is 2.53. The van der Waals surface area contributed by atoms with Crippen molar-refractivity contribution in [3.8, 4) is 5.75 Å². The van der Waals surface area contributed by atoms with Crippen LogP contribution in [0.4, 0.5) is 15.8 Å². The zero-order valence-electron chi connectivity index (χ0n) is 11.8. The van der Waals surface area contributed by atoms with Crippen molar-refractivity contribution in [1.29, 1.82) is 0 Å². The van der Waals surface area contributed by atoms with E-state index in [-0.39, 0.29) is 24.0 Å². The van der Waals surface area contributed by atoms with E-state index in [1.165, 1.54) is 30.0 Å². The summed E-state index contributed by atoms with van der Waals surface area (Å²) in [5.74, 6) is -0.0910. The first-order valence-electron chi connectivity index (χ1n) is 6.70. The molecule has 0 aromatic heterocycles. The Labute approximate surface area is 129 Å². The molecule has 0 unspecified atom stereocenters. The Hall–Kier alpha value is -1.94. The maximum absolute atomic E-state index is 13.4. The van der Waals surface area contributed by atoms with Gasteiger partial charge >= 0.3 is 0 Å². The van der Waals surface area contributed by atoms with Crippen molar-refractivity contribution in [3.05, 3.63) is 53.3 Å². The monoisotopic (exact) mass is 308 g/mol. The summed E-state index contributed by atoms with van der Waals surface area (Å²) in [5, 5.41) is 6.72. The molecule has 1 aliphatic heterocycles. The highest BCUT2D eigenvalue weighted by Crippen LogP contribution is 2.27. The predicted octanol–water partition coefficient (Wildman–Crippen LogP) is 3.84. The zero-order valence-corrected chi connectivity index (χ0v) is 12.6. The number of para-hydroxylation sites is 1. The van der Waals surface area contributed by atoms with Crippen molar-refractivity contribution in [1.82, 2.24) is 0 Å². The Bertz CT molecular complexity index is 634. The number of fused-ring (bicyclic) bond motifs is 1. The molecule has 2 aromatic carbocycles. The van der Waals surface area contributed by atoms with Crippen molar-refractivity contribution >= 4 is 23.8 Å². The second-order valence-corrected chi connectivity index (χ2v) is 4.83. The lowest BCUT2D eigenvalue weighted by atomic mass is 10.1. The van der Waals surface area contributed by atoms with Gasteiger partial charge in [-0.25, -0.2) is 4.39 Å². The van der Waals surface area contributed by atoms with E-state index in [0.717, 1.165) is 18.7 Å². The molecule has 3 nitrogen and oxygen atoms in total. The highest BCUT2D eigenvalue weighted by atomic mass is 35.5. The summed E-state index contributed by atoms with van der Waals surface area (Å²) in [6, 6.07) is 11.1. The van der Waals surface area contributed by atoms with Gasteiger partial charge in [0.15, 0.2) is 11.6 Å². The molecular weight excluding hydrogens is 291 g/mol. The Morgan fingerprint density at radius 2 is 2.14 bits per heavy atom. The average Bonchev–Trinajstić information content (AvgIpc) is 2.95. The molecule has 1 aliphatic rings. The van der Waals surface area contributed by atoms with Crippen molar-refractivity contribution in [2.24, 2.45) is 0 Å². The molecule has 21 heavy (non-hydrogen) atoms. The molecular formula is C16H18ClFN2O. The van der Waals surface area contributed by atoms with Crippen molar-refractivity contribution in [2.75, 3.05) is 24.3 Å². The number of ether oxygens (including phenoxy) is 1. The first-order chi connectivity index (χ1) is 9.78. The number of rotatable bonds is 4. The number of nitrogens with one attached hydrogen (secondary N) is 2. The molecule has 0 spiro atoms. The lowest BCUT2D eigenvalue weighted by Gasteiger charge is -2.12. The predicted molar refractivity (Wildman–Crippen MR) is 86.2 cm³/mol. The molecule has 0 radical (unpaired) electrons. The normalized spacial score (nSPS) is 12.1. The molecule has 0 saturated carbocycles. The Balaban J connectivity index is 0.00000161. The van der Waals surface area contributed by atoms with Gasteiger partial charge in [-0.3, -0.25) is 0 Å². The van der Waals surface area contributed by atoms with Crippen LogP contribution in [0.5, 0.6) is 5.75 Å². The number of benzene rings is 2. The Morgan fingerprint density at radius 3 is 2.95 bits per heavy atom. The minimum absolute atomic E-state index is 0. The third-order valence-electron chi connectivity index (χ3n) is 3.57. The summed E-state index contributed by atoms with van der Waals surface area (Å²) in [4.78, 5) is 0. The topological polar surface area (TPSA) is 33.3 Å². The molecule has 0 fully saturated rings. The number of hydrogen-bond donors (Lipinski definition) is 2. The molecule has 0 bridgehead atoms. The average molecular weight is 309 g/mol. The van der Waals surface area contributed by atoms with Gasteiger partial charge in [0.2, 0.25) is 0 Å². The summed E-state index contributed by atoms with van der Waals surface area (Å²) in [6.45, 7) is 1.70. The largest absolute Gasteiger partial charge is 0.494 e. The van der Waals surface area contributed by atoms with Gasteiger partial charge in [0.05, 0.1) is 7.11 Å². The maximum atomic E-state index is 13.4. The van der Waals surface area contributed by atoms with E-state index in [4.69, 9.17) is 4.74 Å². The van der Waals surface area contributed by atoms with Crippen LogP contribution in [0.15, 0.2) is 36.4 Å². The van der Waals surface area contributed by atoms with Crippen LogP contribution in [0.25, 0.3) is 0 Å². The fraction of sp³-hybridized carbons (Fsp3) is 0.250. The molecule has 1 heterocycles. The second-order valence-electron chi connectivity index (χ2n) is 4.83. The summed E-state index contributed by atoms with van der Waals surface area (Å²) in [6.07, 6.45) is 1.08. The second kappa shape index (κ2) is 6.68. The number of anilines is 2. The van der Waals surface area contributed by atoms with Crippen LogP contribution in [0.1, 0.15) is 11.1 Å². The summed E-state index contributed by atoms with van der Waals surface area (Å²) in [7, 11) is 1.47.